The van der Waals surface area contributed by atoms with Crippen LogP contribution < -0.4 is 21.7 Å². The summed E-state index contributed by atoms with van der Waals surface area (Å²) in [5.74, 6) is -3.40. The van der Waals surface area contributed by atoms with Crippen LogP contribution in [0.1, 0.15) is 54.4 Å². The van der Waals surface area contributed by atoms with Crippen LogP contribution in [0.3, 0.4) is 0 Å². The van der Waals surface area contributed by atoms with Crippen molar-refractivity contribution in [1.29, 1.82) is 0 Å². The molecule has 0 aromatic carbocycles. The maximum atomic E-state index is 12.9. The van der Waals surface area contributed by atoms with Crippen LogP contribution in [-0.2, 0) is 19.2 Å². The second-order valence-corrected chi connectivity index (χ2v) is 8.46. The highest BCUT2D eigenvalue weighted by molar-refractivity contribution is 7.80. The number of rotatable bonds is 13. The number of carbonyl (C=O) groups excluding carboxylic acids is 3. The van der Waals surface area contributed by atoms with Crippen LogP contribution in [0, 0.1) is 17.8 Å². The van der Waals surface area contributed by atoms with Crippen molar-refractivity contribution in [2.45, 2.75) is 78.6 Å². The number of nitrogens with two attached hydrogens (primary N) is 1. The van der Waals surface area contributed by atoms with Crippen LogP contribution in [0.4, 0.5) is 0 Å². The molecule has 6 N–H and O–H groups in total. The van der Waals surface area contributed by atoms with Gasteiger partial charge in [-0.2, -0.15) is 12.6 Å². The average molecular weight is 447 g/mol. The summed E-state index contributed by atoms with van der Waals surface area (Å²) in [5.41, 5.74) is 5.97. The Morgan fingerprint density at radius 2 is 1.30 bits per heavy atom. The van der Waals surface area contributed by atoms with Gasteiger partial charge in [0.1, 0.15) is 18.1 Å². The minimum atomic E-state index is -1.21. The van der Waals surface area contributed by atoms with Crippen molar-refractivity contribution >= 4 is 36.3 Å². The molecular weight excluding hydrogens is 408 g/mol. The largest absolute Gasteiger partial charge is 0.480 e. The predicted molar refractivity (Wildman–Crippen MR) is 119 cm³/mol. The van der Waals surface area contributed by atoms with Crippen LogP contribution in [0.2, 0.25) is 0 Å². The summed E-state index contributed by atoms with van der Waals surface area (Å²) in [6.45, 7) is 11.0. The Balaban J connectivity index is 5.44. The first-order chi connectivity index (χ1) is 13.9. The first-order valence-corrected chi connectivity index (χ1v) is 11.0. The SMILES string of the molecule is CCC(C)C(N)C(=O)NC(C(=O)NC(C(=O)NC(CS)C(=O)O)C(C)CC)C(C)C. The molecule has 6 atom stereocenters. The highest BCUT2D eigenvalue weighted by atomic mass is 32.1. The molecule has 0 heterocycles. The van der Waals surface area contributed by atoms with Gasteiger partial charge in [0.2, 0.25) is 17.7 Å². The van der Waals surface area contributed by atoms with E-state index in [1.54, 1.807) is 20.8 Å². The number of hydrogen-bond acceptors (Lipinski definition) is 6. The fourth-order valence-electron chi connectivity index (χ4n) is 2.69. The zero-order chi connectivity index (χ0) is 23.6. The molecule has 9 nitrogen and oxygen atoms in total. The van der Waals surface area contributed by atoms with Crippen molar-refractivity contribution in [3.63, 3.8) is 0 Å². The topological polar surface area (TPSA) is 151 Å². The summed E-state index contributed by atoms with van der Waals surface area (Å²) in [4.78, 5) is 49.3. The van der Waals surface area contributed by atoms with Crippen molar-refractivity contribution in [2.75, 3.05) is 5.75 Å². The smallest absolute Gasteiger partial charge is 0.327 e. The third-order valence-corrected chi connectivity index (χ3v) is 5.76. The number of thiol groups is 1. The minimum absolute atomic E-state index is 0.0475. The van der Waals surface area contributed by atoms with Gasteiger partial charge in [0.25, 0.3) is 0 Å². The van der Waals surface area contributed by atoms with E-state index in [0.29, 0.717) is 6.42 Å². The van der Waals surface area contributed by atoms with E-state index in [-0.39, 0.29) is 23.5 Å². The zero-order valence-corrected chi connectivity index (χ0v) is 19.7. The Morgan fingerprint density at radius 3 is 1.70 bits per heavy atom. The van der Waals surface area contributed by atoms with Gasteiger partial charge < -0.3 is 26.8 Å². The number of amides is 3. The molecule has 0 radical (unpaired) electrons. The van der Waals surface area contributed by atoms with Crippen LogP contribution in [0.15, 0.2) is 0 Å². The van der Waals surface area contributed by atoms with Crippen molar-refractivity contribution in [3.05, 3.63) is 0 Å². The lowest BCUT2D eigenvalue weighted by Crippen LogP contribution is -2.60. The highest BCUT2D eigenvalue weighted by Crippen LogP contribution is 2.12. The summed E-state index contributed by atoms with van der Waals surface area (Å²) in [6.07, 6.45) is 1.30. The molecule has 0 saturated heterocycles. The van der Waals surface area contributed by atoms with Crippen LogP contribution in [-0.4, -0.2) is 58.7 Å². The summed E-state index contributed by atoms with van der Waals surface area (Å²) in [7, 11) is 0. The number of aliphatic carboxylic acids is 1. The first-order valence-electron chi connectivity index (χ1n) is 10.4. The Kier molecular flexibility index (Phi) is 12.7. The lowest BCUT2D eigenvalue weighted by atomic mass is 9.95. The molecule has 0 aliphatic heterocycles. The second-order valence-electron chi connectivity index (χ2n) is 8.10. The highest BCUT2D eigenvalue weighted by Gasteiger charge is 2.33. The Morgan fingerprint density at radius 1 is 0.833 bits per heavy atom. The Hall–Kier alpha value is -1.81. The normalized spacial score (nSPS) is 17.2. The van der Waals surface area contributed by atoms with Crippen molar-refractivity contribution in [2.24, 2.45) is 23.5 Å². The van der Waals surface area contributed by atoms with E-state index in [4.69, 9.17) is 10.8 Å². The van der Waals surface area contributed by atoms with Gasteiger partial charge in [-0.15, -0.1) is 0 Å². The summed E-state index contributed by atoms with van der Waals surface area (Å²) in [5, 5.41) is 16.9. The number of carboxylic acid groups (broad SMARTS) is 1. The van der Waals surface area contributed by atoms with Crippen molar-refractivity contribution in [3.8, 4) is 0 Å². The van der Waals surface area contributed by atoms with E-state index < -0.39 is 47.9 Å². The Labute approximate surface area is 184 Å². The lowest BCUT2D eigenvalue weighted by molar-refractivity contribution is -0.142. The van der Waals surface area contributed by atoms with E-state index in [2.05, 4.69) is 28.6 Å². The van der Waals surface area contributed by atoms with Gasteiger partial charge in [-0.3, -0.25) is 14.4 Å². The van der Waals surface area contributed by atoms with E-state index in [9.17, 15) is 19.2 Å². The minimum Gasteiger partial charge on any atom is -0.480 e. The van der Waals surface area contributed by atoms with Gasteiger partial charge in [-0.25, -0.2) is 4.79 Å². The molecule has 30 heavy (non-hydrogen) atoms. The molecule has 6 unspecified atom stereocenters. The van der Waals surface area contributed by atoms with E-state index in [1.807, 2.05) is 20.8 Å². The molecule has 0 rings (SSSR count). The average Bonchev–Trinajstić information content (AvgIpc) is 2.70. The maximum absolute atomic E-state index is 12.9. The van der Waals surface area contributed by atoms with Crippen molar-refractivity contribution in [1.82, 2.24) is 16.0 Å². The van der Waals surface area contributed by atoms with Gasteiger partial charge in [0.05, 0.1) is 6.04 Å². The fourth-order valence-corrected chi connectivity index (χ4v) is 2.94. The molecule has 0 saturated carbocycles. The van der Waals surface area contributed by atoms with Crippen molar-refractivity contribution < 1.29 is 24.3 Å². The van der Waals surface area contributed by atoms with Gasteiger partial charge in [0, 0.05) is 5.75 Å². The molecule has 10 heteroatoms. The number of carbonyl (C=O) groups is 4. The third-order valence-electron chi connectivity index (χ3n) is 5.40. The molecule has 0 aliphatic rings. The molecule has 0 aliphatic carbocycles. The summed E-state index contributed by atoms with van der Waals surface area (Å²) < 4.78 is 0. The molecule has 0 aromatic rings. The molecule has 174 valence electrons. The second kappa shape index (κ2) is 13.5. The predicted octanol–water partition coefficient (Wildman–Crippen LogP) is 0.531. The Bertz CT molecular complexity index is 602. The number of nitrogens with one attached hydrogen (secondary N) is 3. The summed E-state index contributed by atoms with van der Waals surface area (Å²) in [6, 6.07) is -3.75. The zero-order valence-electron chi connectivity index (χ0n) is 18.8. The molecular formula is C20H38N4O5S. The molecule has 0 bridgehead atoms. The lowest BCUT2D eigenvalue weighted by Gasteiger charge is -2.29. The van der Waals surface area contributed by atoms with Gasteiger partial charge in [-0.05, 0) is 17.8 Å². The standard InChI is InChI=1S/C20H38N4O5S/c1-7-11(5)14(21)17(25)23-15(10(3)4)18(26)24-16(12(6)8-2)19(27)22-13(9-30)20(28)29/h10-16,30H,7-9,21H2,1-6H3,(H,22,27)(H,23,25)(H,24,26)(H,28,29). The quantitative estimate of drug-likeness (QED) is 0.227. The number of carboxylic acids is 1. The maximum Gasteiger partial charge on any atom is 0.327 e. The van der Waals surface area contributed by atoms with Crippen LogP contribution in [0.25, 0.3) is 0 Å². The third kappa shape index (κ3) is 8.51. The van der Waals surface area contributed by atoms with Crippen LogP contribution in [0.5, 0.6) is 0 Å². The van der Waals surface area contributed by atoms with E-state index >= 15 is 0 Å². The molecule has 0 aromatic heterocycles. The van der Waals surface area contributed by atoms with Gasteiger partial charge >= 0.3 is 5.97 Å². The molecule has 0 fully saturated rings. The fraction of sp³-hybridized carbons (Fsp3) is 0.800. The monoisotopic (exact) mass is 446 g/mol. The molecule has 0 spiro atoms. The van der Waals surface area contributed by atoms with E-state index in [1.165, 1.54) is 0 Å². The summed E-state index contributed by atoms with van der Waals surface area (Å²) >= 11 is 3.94. The number of hydrogen-bond donors (Lipinski definition) is 6. The van der Waals surface area contributed by atoms with Crippen LogP contribution >= 0.6 is 12.6 Å². The molecule has 3 amide bonds. The van der Waals surface area contributed by atoms with Gasteiger partial charge in [0.15, 0.2) is 0 Å². The first kappa shape index (κ1) is 28.2. The van der Waals surface area contributed by atoms with E-state index in [0.717, 1.165) is 6.42 Å². The van der Waals surface area contributed by atoms with Gasteiger partial charge in [-0.1, -0.05) is 54.4 Å².